The molecular weight excluding hydrogens is 364 g/mol. The molecule has 0 saturated carbocycles. The van der Waals surface area contributed by atoms with E-state index in [1.54, 1.807) is 14.2 Å². The van der Waals surface area contributed by atoms with Crippen molar-refractivity contribution in [2.24, 2.45) is 0 Å². The van der Waals surface area contributed by atoms with Gasteiger partial charge in [-0.3, -0.25) is 4.79 Å². The SMILES string of the molecule is CCOc1ccc([C@@H]2c3cc(OC)ccc3C(=O)[C@H]2c2ccc(OC)cc2)cc1. The van der Waals surface area contributed by atoms with Gasteiger partial charge in [0.15, 0.2) is 5.78 Å². The zero-order valence-electron chi connectivity index (χ0n) is 16.8. The molecule has 0 aliphatic heterocycles. The molecule has 0 fully saturated rings. The maximum Gasteiger partial charge on any atom is 0.171 e. The number of benzene rings is 3. The molecular formula is C25H24O4. The third kappa shape index (κ3) is 3.46. The van der Waals surface area contributed by atoms with Gasteiger partial charge in [-0.1, -0.05) is 24.3 Å². The summed E-state index contributed by atoms with van der Waals surface area (Å²) in [4.78, 5) is 13.4. The van der Waals surface area contributed by atoms with E-state index in [2.05, 4.69) is 0 Å². The Labute approximate surface area is 171 Å². The number of carbonyl (C=O) groups excluding carboxylic acids is 1. The fourth-order valence-corrected chi connectivity index (χ4v) is 4.11. The van der Waals surface area contributed by atoms with Crippen LogP contribution in [-0.2, 0) is 0 Å². The van der Waals surface area contributed by atoms with Gasteiger partial charge >= 0.3 is 0 Å². The summed E-state index contributed by atoms with van der Waals surface area (Å²) in [5.41, 5.74) is 3.81. The van der Waals surface area contributed by atoms with E-state index in [1.165, 1.54) is 0 Å². The molecule has 0 amide bonds. The Morgan fingerprint density at radius 2 is 1.28 bits per heavy atom. The maximum absolute atomic E-state index is 13.4. The first kappa shape index (κ1) is 19.1. The Balaban J connectivity index is 1.82. The molecule has 0 unspecified atom stereocenters. The zero-order chi connectivity index (χ0) is 20.4. The fraction of sp³-hybridized carbons (Fsp3) is 0.240. The summed E-state index contributed by atoms with van der Waals surface area (Å²) in [6, 6.07) is 21.5. The third-order valence-corrected chi connectivity index (χ3v) is 5.50. The number of hydrogen-bond donors (Lipinski definition) is 0. The Morgan fingerprint density at radius 3 is 1.86 bits per heavy atom. The van der Waals surface area contributed by atoms with Crippen molar-refractivity contribution in [1.82, 2.24) is 0 Å². The number of hydrogen-bond acceptors (Lipinski definition) is 4. The van der Waals surface area contributed by atoms with Crippen LogP contribution in [0.1, 0.15) is 45.8 Å². The van der Waals surface area contributed by atoms with E-state index < -0.39 is 0 Å². The second-order valence-electron chi connectivity index (χ2n) is 7.05. The van der Waals surface area contributed by atoms with E-state index in [1.807, 2.05) is 73.7 Å². The molecule has 0 aromatic heterocycles. The summed E-state index contributed by atoms with van der Waals surface area (Å²) in [5, 5.41) is 0. The predicted octanol–water partition coefficient (Wildman–Crippen LogP) is 5.21. The first-order valence-electron chi connectivity index (χ1n) is 9.75. The minimum atomic E-state index is -0.291. The molecule has 0 radical (unpaired) electrons. The summed E-state index contributed by atoms with van der Waals surface area (Å²) < 4.78 is 16.3. The zero-order valence-corrected chi connectivity index (χ0v) is 16.8. The molecule has 4 nitrogen and oxygen atoms in total. The highest BCUT2D eigenvalue weighted by Gasteiger charge is 2.41. The van der Waals surface area contributed by atoms with Gasteiger partial charge in [-0.15, -0.1) is 0 Å². The lowest BCUT2D eigenvalue weighted by atomic mass is 9.81. The van der Waals surface area contributed by atoms with Crippen LogP contribution >= 0.6 is 0 Å². The summed E-state index contributed by atoms with van der Waals surface area (Å²) in [6.07, 6.45) is 0. The monoisotopic (exact) mass is 388 g/mol. The lowest BCUT2D eigenvalue weighted by Gasteiger charge is -2.21. The molecule has 0 N–H and O–H groups in total. The van der Waals surface area contributed by atoms with Crippen LogP contribution in [0.15, 0.2) is 66.7 Å². The number of carbonyl (C=O) groups is 1. The van der Waals surface area contributed by atoms with Crippen LogP contribution < -0.4 is 14.2 Å². The smallest absolute Gasteiger partial charge is 0.171 e. The largest absolute Gasteiger partial charge is 0.497 e. The van der Waals surface area contributed by atoms with Crippen LogP contribution in [0.4, 0.5) is 0 Å². The van der Waals surface area contributed by atoms with Crippen molar-refractivity contribution in [2.45, 2.75) is 18.8 Å². The molecule has 4 rings (SSSR count). The average molecular weight is 388 g/mol. The molecule has 148 valence electrons. The van der Waals surface area contributed by atoms with Gasteiger partial charge in [0.1, 0.15) is 17.2 Å². The van der Waals surface area contributed by atoms with Gasteiger partial charge in [0, 0.05) is 11.5 Å². The minimum absolute atomic E-state index is 0.0864. The molecule has 3 aromatic rings. The first-order chi connectivity index (χ1) is 14.2. The lowest BCUT2D eigenvalue weighted by molar-refractivity contribution is 0.0968. The van der Waals surface area contributed by atoms with E-state index >= 15 is 0 Å². The van der Waals surface area contributed by atoms with Gasteiger partial charge in [-0.2, -0.15) is 0 Å². The molecule has 1 aliphatic rings. The lowest BCUT2D eigenvalue weighted by Crippen LogP contribution is -2.13. The average Bonchev–Trinajstić information content (AvgIpc) is 3.06. The Hall–Kier alpha value is -3.27. The van der Waals surface area contributed by atoms with Crippen molar-refractivity contribution in [1.29, 1.82) is 0 Å². The number of rotatable bonds is 6. The molecule has 0 spiro atoms. The van der Waals surface area contributed by atoms with Crippen molar-refractivity contribution in [3.63, 3.8) is 0 Å². The number of Topliss-reactive ketones (excluding diaryl/α,β-unsaturated/α-hetero) is 1. The van der Waals surface area contributed by atoms with E-state index in [0.29, 0.717) is 6.61 Å². The summed E-state index contributed by atoms with van der Waals surface area (Å²) >= 11 is 0. The van der Waals surface area contributed by atoms with Crippen LogP contribution in [0, 0.1) is 0 Å². The Kier molecular flexibility index (Phi) is 5.26. The van der Waals surface area contributed by atoms with E-state index in [9.17, 15) is 4.79 Å². The Bertz CT molecular complexity index is 1010. The van der Waals surface area contributed by atoms with Gasteiger partial charge in [-0.05, 0) is 66.1 Å². The molecule has 2 atom stereocenters. The summed E-state index contributed by atoms with van der Waals surface area (Å²) in [7, 11) is 3.28. The van der Waals surface area contributed by atoms with Crippen molar-refractivity contribution in [3.05, 3.63) is 89.0 Å². The van der Waals surface area contributed by atoms with Crippen LogP contribution in [0.5, 0.6) is 17.2 Å². The van der Waals surface area contributed by atoms with Crippen molar-refractivity contribution in [3.8, 4) is 17.2 Å². The van der Waals surface area contributed by atoms with Crippen LogP contribution in [0.25, 0.3) is 0 Å². The van der Waals surface area contributed by atoms with Crippen LogP contribution in [-0.4, -0.2) is 26.6 Å². The minimum Gasteiger partial charge on any atom is -0.497 e. The maximum atomic E-state index is 13.4. The van der Waals surface area contributed by atoms with Gasteiger partial charge in [0.25, 0.3) is 0 Å². The third-order valence-electron chi connectivity index (χ3n) is 5.50. The van der Waals surface area contributed by atoms with E-state index in [4.69, 9.17) is 14.2 Å². The van der Waals surface area contributed by atoms with Gasteiger partial charge in [-0.25, -0.2) is 0 Å². The van der Waals surface area contributed by atoms with Gasteiger partial charge in [0.2, 0.25) is 0 Å². The molecule has 0 saturated heterocycles. The van der Waals surface area contributed by atoms with Crippen molar-refractivity contribution < 1.29 is 19.0 Å². The van der Waals surface area contributed by atoms with Crippen LogP contribution in [0.3, 0.4) is 0 Å². The van der Waals surface area contributed by atoms with Crippen molar-refractivity contribution in [2.75, 3.05) is 20.8 Å². The topological polar surface area (TPSA) is 44.8 Å². The predicted molar refractivity (Wildman–Crippen MR) is 113 cm³/mol. The molecule has 29 heavy (non-hydrogen) atoms. The normalized spacial score (nSPS) is 17.7. The second-order valence-corrected chi connectivity index (χ2v) is 7.05. The molecule has 4 heteroatoms. The number of ether oxygens (including phenoxy) is 3. The molecule has 0 bridgehead atoms. The highest BCUT2D eigenvalue weighted by Crippen LogP contribution is 2.49. The number of fused-ring (bicyclic) bond motifs is 1. The standard InChI is InChI=1S/C25H24O4/c1-4-29-19-11-7-16(8-12-19)23-22-15-20(28-3)13-14-21(22)25(26)24(23)17-5-9-18(27-2)10-6-17/h5-15,23-24H,4H2,1-3H3/t23-,24+/m1/s1. The fourth-order valence-electron chi connectivity index (χ4n) is 4.11. The summed E-state index contributed by atoms with van der Waals surface area (Å²) in [5.74, 6) is 2.11. The highest BCUT2D eigenvalue weighted by molar-refractivity contribution is 6.07. The van der Waals surface area contributed by atoms with Crippen molar-refractivity contribution >= 4 is 5.78 Å². The van der Waals surface area contributed by atoms with E-state index in [-0.39, 0.29) is 17.6 Å². The number of methoxy groups -OCH3 is 2. The summed E-state index contributed by atoms with van der Waals surface area (Å²) in [6.45, 7) is 2.58. The number of ketones is 1. The Morgan fingerprint density at radius 1 is 0.724 bits per heavy atom. The van der Waals surface area contributed by atoms with Crippen LogP contribution in [0.2, 0.25) is 0 Å². The highest BCUT2D eigenvalue weighted by atomic mass is 16.5. The molecule has 1 aliphatic carbocycles. The first-order valence-corrected chi connectivity index (χ1v) is 9.75. The molecule has 3 aromatic carbocycles. The van der Waals surface area contributed by atoms with E-state index in [0.717, 1.165) is 39.5 Å². The molecule has 0 heterocycles. The quantitative estimate of drug-likeness (QED) is 0.581. The van der Waals surface area contributed by atoms with Gasteiger partial charge < -0.3 is 14.2 Å². The van der Waals surface area contributed by atoms with Gasteiger partial charge in [0.05, 0.1) is 26.7 Å². The second kappa shape index (κ2) is 8.00.